The second-order valence-corrected chi connectivity index (χ2v) is 5.94. The second-order valence-electron chi connectivity index (χ2n) is 5.94. The molecule has 0 aliphatic carbocycles. The Bertz CT molecular complexity index is 505. The molecule has 1 aromatic heterocycles. The smallest absolute Gasteiger partial charge is 0.256 e. The molecule has 5 nitrogen and oxygen atoms in total. The summed E-state index contributed by atoms with van der Waals surface area (Å²) in [5, 5.41) is 2.90. The number of carbonyl (C=O) groups excluding carboxylic acids is 1. The number of aryl methyl sites for hydroxylation is 1. The van der Waals surface area contributed by atoms with Gasteiger partial charge in [-0.15, -0.1) is 0 Å². The first-order chi connectivity index (χ1) is 11.0. The van der Waals surface area contributed by atoms with E-state index in [9.17, 15) is 4.79 Å². The van der Waals surface area contributed by atoms with E-state index in [-0.39, 0.29) is 5.91 Å². The first-order valence-electron chi connectivity index (χ1n) is 8.51. The molecular weight excluding hydrogens is 292 g/mol. The largest absolute Gasteiger partial charge is 0.477 e. The highest BCUT2D eigenvalue weighted by Gasteiger charge is 2.32. The van der Waals surface area contributed by atoms with E-state index in [4.69, 9.17) is 9.47 Å². The topological polar surface area (TPSA) is 60.5 Å². The number of ether oxygens (including phenoxy) is 2. The zero-order valence-electron chi connectivity index (χ0n) is 15.1. The Hall–Kier alpha value is -1.62. The van der Waals surface area contributed by atoms with E-state index in [1.807, 2.05) is 33.8 Å². The first-order valence-corrected chi connectivity index (χ1v) is 8.51. The van der Waals surface area contributed by atoms with Crippen LogP contribution in [0.5, 0.6) is 5.88 Å². The Morgan fingerprint density at radius 2 is 2.00 bits per heavy atom. The number of hydrogen-bond donors (Lipinski definition) is 1. The summed E-state index contributed by atoms with van der Waals surface area (Å²) < 4.78 is 11.4. The van der Waals surface area contributed by atoms with Crippen molar-refractivity contribution < 1.29 is 14.3 Å². The Morgan fingerprint density at radius 1 is 1.26 bits per heavy atom. The highest BCUT2D eigenvalue weighted by atomic mass is 16.5. The van der Waals surface area contributed by atoms with Crippen molar-refractivity contribution in [2.24, 2.45) is 0 Å². The van der Waals surface area contributed by atoms with E-state index in [1.165, 1.54) is 0 Å². The van der Waals surface area contributed by atoms with Crippen molar-refractivity contribution in [1.82, 2.24) is 4.98 Å². The Balaban J connectivity index is 2.72. The third-order valence-corrected chi connectivity index (χ3v) is 3.80. The second kappa shape index (κ2) is 9.50. The summed E-state index contributed by atoms with van der Waals surface area (Å²) in [6, 6.07) is 1.88. The molecule has 1 atom stereocenters. The average Bonchev–Trinajstić information content (AvgIpc) is 2.54. The molecule has 0 saturated heterocycles. The zero-order chi connectivity index (χ0) is 17.3. The van der Waals surface area contributed by atoms with Crippen molar-refractivity contribution >= 4 is 11.6 Å². The average molecular weight is 322 g/mol. The van der Waals surface area contributed by atoms with Crippen LogP contribution in [0, 0.1) is 6.92 Å². The molecular formula is C18H30N2O3. The highest BCUT2D eigenvalue weighted by Crippen LogP contribution is 2.22. The van der Waals surface area contributed by atoms with E-state index >= 15 is 0 Å². The lowest BCUT2D eigenvalue weighted by Crippen LogP contribution is -2.42. The van der Waals surface area contributed by atoms with Crippen LogP contribution in [-0.2, 0) is 9.53 Å². The molecule has 0 radical (unpaired) electrons. The van der Waals surface area contributed by atoms with Gasteiger partial charge < -0.3 is 14.8 Å². The van der Waals surface area contributed by atoms with Gasteiger partial charge in [-0.3, -0.25) is 4.79 Å². The number of pyridine rings is 1. The molecule has 1 amide bonds. The Morgan fingerprint density at radius 3 is 2.57 bits per heavy atom. The molecule has 0 fully saturated rings. The number of rotatable bonds is 10. The summed E-state index contributed by atoms with van der Waals surface area (Å²) >= 11 is 0. The Kier molecular flexibility index (Phi) is 8.03. The fourth-order valence-corrected chi connectivity index (χ4v) is 2.01. The van der Waals surface area contributed by atoms with Gasteiger partial charge in [0, 0.05) is 12.2 Å². The standard InChI is InChI=1S/C18H30N2O3/c1-6-9-11-22-16-14(4)12-15(13-19-16)20-17(21)18(5,8-3)23-10-7-2/h12-13H,6-11H2,1-5H3,(H,20,21)/t18-/m0/s1. The third-order valence-electron chi connectivity index (χ3n) is 3.80. The molecule has 0 spiro atoms. The van der Waals surface area contributed by atoms with E-state index in [2.05, 4.69) is 17.2 Å². The predicted molar refractivity (Wildman–Crippen MR) is 92.9 cm³/mol. The van der Waals surface area contributed by atoms with Crippen LogP contribution in [0.2, 0.25) is 0 Å². The molecule has 0 bridgehead atoms. The monoisotopic (exact) mass is 322 g/mol. The molecule has 0 saturated carbocycles. The fourth-order valence-electron chi connectivity index (χ4n) is 2.01. The molecule has 5 heteroatoms. The summed E-state index contributed by atoms with van der Waals surface area (Å²) in [5.74, 6) is 0.478. The van der Waals surface area contributed by atoms with Crippen molar-refractivity contribution in [2.45, 2.75) is 65.9 Å². The van der Waals surface area contributed by atoms with Crippen LogP contribution in [0.4, 0.5) is 5.69 Å². The highest BCUT2D eigenvalue weighted by molar-refractivity contribution is 5.97. The summed E-state index contributed by atoms with van der Waals surface area (Å²) in [5.41, 5.74) is 0.752. The lowest BCUT2D eigenvalue weighted by molar-refractivity contribution is -0.139. The van der Waals surface area contributed by atoms with Gasteiger partial charge in [-0.05, 0) is 39.2 Å². The summed E-state index contributed by atoms with van der Waals surface area (Å²) in [6.45, 7) is 11.1. The number of aromatic nitrogens is 1. The number of unbranched alkanes of at least 4 members (excludes halogenated alkanes) is 1. The van der Waals surface area contributed by atoms with Gasteiger partial charge in [0.25, 0.3) is 5.91 Å². The maximum Gasteiger partial charge on any atom is 0.256 e. The van der Waals surface area contributed by atoms with Gasteiger partial charge in [-0.25, -0.2) is 4.98 Å². The number of anilines is 1. The van der Waals surface area contributed by atoms with E-state index < -0.39 is 5.60 Å². The number of hydrogen-bond acceptors (Lipinski definition) is 4. The molecule has 0 unspecified atom stereocenters. The quantitative estimate of drug-likeness (QED) is 0.659. The van der Waals surface area contributed by atoms with Crippen molar-refractivity contribution in [2.75, 3.05) is 18.5 Å². The molecule has 0 aliphatic heterocycles. The molecule has 1 heterocycles. The summed E-state index contributed by atoms with van der Waals surface area (Å²) in [4.78, 5) is 16.8. The molecule has 0 aliphatic rings. The van der Waals surface area contributed by atoms with Gasteiger partial charge in [0.05, 0.1) is 18.5 Å². The van der Waals surface area contributed by atoms with Crippen molar-refractivity contribution in [3.05, 3.63) is 17.8 Å². The maximum absolute atomic E-state index is 12.5. The van der Waals surface area contributed by atoms with Crippen LogP contribution in [0.25, 0.3) is 0 Å². The van der Waals surface area contributed by atoms with Gasteiger partial charge in [-0.1, -0.05) is 27.2 Å². The van der Waals surface area contributed by atoms with Gasteiger partial charge in [0.15, 0.2) is 0 Å². The van der Waals surface area contributed by atoms with Crippen molar-refractivity contribution in [1.29, 1.82) is 0 Å². The van der Waals surface area contributed by atoms with E-state index in [0.717, 1.165) is 24.8 Å². The van der Waals surface area contributed by atoms with Gasteiger partial charge >= 0.3 is 0 Å². The first kappa shape index (κ1) is 19.4. The Labute approximate surface area is 139 Å². The number of nitrogens with one attached hydrogen (secondary N) is 1. The molecule has 1 rings (SSSR count). The van der Waals surface area contributed by atoms with Gasteiger partial charge in [0.2, 0.25) is 5.88 Å². The molecule has 23 heavy (non-hydrogen) atoms. The lowest BCUT2D eigenvalue weighted by atomic mass is 10.0. The predicted octanol–water partition coefficient (Wildman–Crippen LogP) is 4.10. The van der Waals surface area contributed by atoms with E-state index in [1.54, 1.807) is 6.20 Å². The van der Waals surface area contributed by atoms with E-state index in [0.29, 0.717) is 31.2 Å². The van der Waals surface area contributed by atoms with Gasteiger partial charge in [-0.2, -0.15) is 0 Å². The minimum absolute atomic E-state index is 0.144. The summed E-state index contributed by atoms with van der Waals surface area (Å²) in [7, 11) is 0. The molecule has 1 aromatic rings. The van der Waals surface area contributed by atoms with Crippen LogP contribution in [0.3, 0.4) is 0 Å². The SMILES string of the molecule is CCCCOc1ncc(NC(=O)[C@](C)(CC)OCCC)cc1C. The summed E-state index contributed by atoms with van der Waals surface area (Å²) in [6.07, 6.45) is 5.21. The zero-order valence-corrected chi connectivity index (χ0v) is 15.1. The van der Waals surface area contributed by atoms with Crippen molar-refractivity contribution in [3.8, 4) is 5.88 Å². The molecule has 130 valence electrons. The maximum atomic E-state index is 12.5. The van der Waals surface area contributed by atoms with Crippen LogP contribution < -0.4 is 10.1 Å². The normalized spacial score (nSPS) is 13.4. The number of amides is 1. The van der Waals surface area contributed by atoms with Crippen LogP contribution in [-0.4, -0.2) is 29.7 Å². The van der Waals surface area contributed by atoms with Crippen molar-refractivity contribution in [3.63, 3.8) is 0 Å². The minimum atomic E-state index is -0.819. The van der Waals surface area contributed by atoms with Crippen LogP contribution >= 0.6 is 0 Å². The third kappa shape index (κ3) is 5.82. The van der Waals surface area contributed by atoms with Crippen LogP contribution in [0.1, 0.15) is 58.9 Å². The number of carbonyl (C=O) groups is 1. The van der Waals surface area contributed by atoms with Gasteiger partial charge in [0.1, 0.15) is 5.60 Å². The fraction of sp³-hybridized carbons (Fsp3) is 0.667. The van der Waals surface area contributed by atoms with Crippen LogP contribution in [0.15, 0.2) is 12.3 Å². The minimum Gasteiger partial charge on any atom is -0.477 e. The number of nitrogens with zero attached hydrogens (tertiary/aromatic N) is 1. The molecule has 0 aromatic carbocycles. The lowest BCUT2D eigenvalue weighted by Gasteiger charge is -2.27. The molecule has 1 N–H and O–H groups in total.